The Morgan fingerprint density at radius 3 is 2.47 bits per heavy atom. The van der Waals surface area contributed by atoms with E-state index in [1.165, 1.54) is 6.07 Å². The molecule has 0 fully saturated rings. The molecule has 0 unspecified atom stereocenters. The molecule has 3 N–H and O–H groups in total. The maximum atomic E-state index is 10.9. The zero-order valence-corrected chi connectivity index (χ0v) is 9.34. The van der Waals surface area contributed by atoms with E-state index in [-0.39, 0.29) is 11.4 Å². The van der Waals surface area contributed by atoms with Crippen molar-refractivity contribution in [1.29, 1.82) is 0 Å². The van der Waals surface area contributed by atoms with Gasteiger partial charge in [-0.3, -0.25) is 0 Å². The zero-order chi connectivity index (χ0) is 12.4. The molecule has 86 valence electrons. The molecule has 0 saturated heterocycles. The molecule has 1 heterocycles. The van der Waals surface area contributed by atoms with Gasteiger partial charge >= 0.3 is 5.97 Å². The molecule has 0 spiro atoms. The van der Waals surface area contributed by atoms with Gasteiger partial charge in [-0.2, -0.15) is 0 Å². The molecule has 0 aliphatic carbocycles. The molecule has 1 aromatic carbocycles. The second-order valence-corrected chi connectivity index (χ2v) is 3.83. The summed E-state index contributed by atoms with van der Waals surface area (Å²) in [5, 5.41) is 8.96. The molecular weight excluding hydrogens is 216 g/mol. The van der Waals surface area contributed by atoms with Crippen molar-refractivity contribution in [2.45, 2.75) is 6.92 Å². The van der Waals surface area contributed by atoms with Gasteiger partial charge < -0.3 is 10.8 Å². The summed E-state index contributed by atoms with van der Waals surface area (Å²) in [4.78, 5) is 14.8. The lowest BCUT2D eigenvalue weighted by Gasteiger charge is -2.05. The topological polar surface area (TPSA) is 76.2 Å². The molecule has 4 heteroatoms. The molecule has 17 heavy (non-hydrogen) atoms. The van der Waals surface area contributed by atoms with E-state index in [9.17, 15) is 4.79 Å². The number of carboxylic acids is 1. The minimum Gasteiger partial charge on any atom is -0.478 e. The van der Waals surface area contributed by atoms with Crippen molar-refractivity contribution in [2.24, 2.45) is 0 Å². The summed E-state index contributed by atoms with van der Waals surface area (Å²) in [6, 6.07) is 9.32. The lowest BCUT2D eigenvalue weighted by atomic mass is 10.0. The maximum Gasteiger partial charge on any atom is 0.339 e. The van der Waals surface area contributed by atoms with Gasteiger partial charge in [0.1, 0.15) is 11.4 Å². The van der Waals surface area contributed by atoms with E-state index in [4.69, 9.17) is 10.8 Å². The second-order valence-electron chi connectivity index (χ2n) is 3.83. The number of carbonyl (C=O) groups is 1. The molecule has 2 aromatic rings. The number of nitrogen functional groups attached to an aromatic ring is 1. The number of anilines is 1. The number of rotatable bonds is 2. The number of carboxylic acid groups (broad SMARTS) is 1. The molecule has 0 aliphatic heterocycles. The Bertz CT molecular complexity index is 562. The monoisotopic (exact) mass is 228 g/mol. The van der Waals surface area contributed by atoms with Crippen LogP contribution in [0.1, 0.15) is 15.9 Å². The second kappa shape index (κ2) is 4.25. The first-order chi connectivity index (χ1) is 8.08. The molecule has 1 aromatic heterocycles. The van der Waals surface area contributed by atoms with Crippen LogP contribution in [-0.4, -0.2) is 16.1 Å². The van der Waals surface area contributed by atoms with Crippen LogP contribution in [0.2, 0.25) is 0 Å². The number of aromatic carboxylic acids is 1. The Morgan fingerprint density at radius 1 is 1.24 bits per heavy atom. The van der Waals surface area contributed by atoms with Crippen LogP contribution >= 0.6 is 0 Å². The molecule has 0 saturated carbocycles. The smallest absolute Gasteiger partial charge is 0.339 e. The van der Waals surface area contributed by atoms with Crippen LogP contribution in [0, 0.1) is 6.92 Å². The average Bonchev–Trinajstić information content (AvgIpc) is 2.30. The normalized spacial score (nSPS) is 10.2. The predicted octanol–water partition coefficient (Wildman–Crippen LogP) is 2.34. The third-order valence-electron chi connectivity index (χ3n) is 2.53. The third-order valence-corrected chi connectivity index (χ3v) is 2.53. The van der Waals surface area contributed by atoms with E-state index in [0.29, 0.717) is 0 Å². The van der Waals surface area contributed by atoms with E-state index in [2.05, 4.69) is 4.98 Å². The van der Waals surface area contributed by atoms with Crippen LogP contribution in [0.4, 0.5) is 5.82 Å². The number of pyridine rings is 1. The molecule has 2 rings (SSSR count). The number of nitrogens with zero attached hydrogens (tertiary/aromatic N) is 1. The standard InChI is InChI=1S/C13H12N2O2/c1-8-2-4-9(5-3-8)10-6-11(13(16)17)12(14)15-7-10/h2-7H,1H3,(H2,14,15)(H,16,17). The zero-order valence-electron chi connectivity index (χ0n) is 9.34. The van der Waals surface area contributed by atoms with Crippen LogP contribution in [0.25, 0.3) is 11.1 Å². The van der Waals surface area contributed by atoms with E-state index in [1.807, 2.05) is 31.2 Å². The lowest BCUT2D eigenvalue weighted by molar-refractivity contribution is 0.0698. The highest BCUT2D eigenvalue weighted by molar-refractivity contribution is 5.94. The van der Waals surface area contributed by atoms with Crippen molar-refractivity contribution in [1.82, 2.24) is 4.98 Å². The van der Waals surface area contributed by atoms with Gasteiger partial charge in [0.15, 0.2) is 0 Å². The Hall–Kier alpha value is -2.36. The van der Waals surface area contributed by atoms with Crippen molar-refractivity contribution < 1.29 is 9.90 Å². The van der Waals surface area contributed by atoms with Gasteiger partial charge in [0, 0.05) is 11.8 Å². The van der Waals surface area contributed by atoms with Gasteiger partial charge in [0.2, 0.25) is 0 Å². The van der Waals surface area contributed by atoms with Gasteiger partial charge in [0.25, 0.3) is 0 Å². The van der Waals surface area contributed by atoms with Gasteiger partial charge in [0.05, 0.1) is 0 Å². The maximum absolute atomic E-state index is 10.9. The van der Waals surface area contributed by atoms with Crippen LogP contribution in [0.3, 0.4) is 0 Å². The minimum atomic E-state index is -1.07. The van der Waals surface area contributed by atoms with Crippen molar-refractivity contribution in [2.75, 3.05) is 5.73 Å². The van der Waals surface area contributed by atoms with Crippen molar-refractivity contribution in [3.8, 4) is 11.1 Å². The van der Waals surface area contributed by atoms with Crippen LogP contribution in [-0.2, 0) is 0 Å². The summed E-state index contributed by atoms with van der Waals surface area (Å²) < 4.78 is 0. The highest BCUT2D eigenvalue weighted by Gasteiger charge is 2.10. The molecular formula is C13H12N2O2. The fourth-order valence-corrected chi connectivity index (χ4v) is 1.55. The molecule has 0 atom stereocenters. The number of hydrogen-bond donors (Lipinski definition) is 2. The average molecular weight is 228 g/mol. The number of benzene rings is 1. The molecule has 0 amide bonds. The minimum absolute atomic E-state index is 0.0306. The lowest BCUT2D eigenvalue weighted by Crippen LogP contribution is -2.04. The summed E-state index contributed by atoms with van der Waals surface area (Å²) in [6.07, 6.45) is 1.58. The Kier molecular flexibility index (Phi) is 2.78. The van der Waals surface area contributed by atoms with E-state index < -0.39 is 5.97 Å². The Morgan fingerprint density at radius 2 is 1.88 bits per heavy atom. The summed E-state index contributed by atoms with van der Waals surface area (Å²) >= 11 is 0. The van der Waals surface area contributed by atoms with Gasteiger partial charge in [-0.15, -0.1) is 0 Å². The Labute approximate surface area is 98.7 Å². The fraction of sp³-hybridized carbons (Fsp3) is 0.0769. The van der Waals surface area contributed by atoms with E-state index in [1.54, 1.807) is 6.20 Å². The summed E-state index contributed by atoms with van der Waals surface area (Å²) in [5.74, 6) is -1.03. The van der Waals surface area contributed by atoms with Crippen LogP contribution in [0.5, 0.6) is 0 Å². The highest BCUT2D eigenvalue weighted by Crippen LogP contribution is 2.22. The quantitative estimate of drug-likeness (QED) is 0.827. The third kappa shape index (κ3) is 2.25. The molecule has 0 radical (unpaired) electrons. The first kappa shape index (κ1) is 11.1. The molecule has 4 nitrogen and oxygen atoms in total. The van der Waals surface area contributed by atoms with Gasteiger partial charge in [-0.1, -0.05) is 29.8 Å². The first-order valence-electron chi connectivity index (χ1n) is 5.14. The van der Waals surface area contributed by atoms with Gasteiger partial charge in [-0.25, -0.2) is 9.78 Å². The van der Waals surface area contributed by atoms with Crippen LogP contribution < -0.4 is 5.73 Å². The Balaban J connectivity index is 2.50. The van der Waals surface area contributed by atoms with E-state index >= 15 is 0 Å². The summed E-state index contributed by atoms with van der Waals surface area (Å²) in [5.41, 5.74) is 8.35. The molecule has 0 bridgehead atoms. The largest absolute Gasteiger partial charge is 0.478 e. The van der Waals surface area contributed by atoms with Crippen molar-refractivity contribution >= 4 is 11.8 Å². The number of nitrogens with two attached hydrogens (primary N) is 1. The van der Waals surface area contributed by atoms with Gasteiger partial charge in [-0.05, 0) is 18.6 Å². The summed E-state index contributed by atoms with van der Waals surface area (Å²) in [6.45, 7) is 1.99. The number of aromatic nitrogens is 1. The molecule has 0 aliphatic rings. The van der Waals surface area contributed by atoms with Crippen molar-refractivity contribution in [3.05, 3.63) is 47.7 Å². The highest BCUT2D eigenvalue weighted by atomic mass is 16.4. The first-order valence-corrected chi connectivity index (χ1v) is 5.14. The van der Waals surface area contributed by atoms with E-state index in [0.717, 1.165) is 16.7 Å². The summed E-state index contributed by atoms with van der Waals surface area (Å²) in [7, 11) is 0. The predicted molar refractivity (Wildman–Crippen MR) is 65.8 cm³/mol. The van der Waals surface area contributed by atoms with Crippen molar-refractivity contribution in [3.63, 3.8) is 0 Å². The SMILES string of the molecule is Cc1ccc(-c2cnc(N)c(C(=O)O)c2)cc1. The number of hydrogen-bond acceptors (Lipinski definition) is 3. The number of aryl methyl sites for hydroxylation is 1. The fourth-order valence-electron chi connectivity index (χ4n) is 1.55. The van der Waals surface area contributed by atoms with Crippen LogP contribution in [0.15, 0.2) is 36.5 Å².